The Morgan fingerprint density at radius 1 is 1.13 bits per heavy atom. The second-order valence-corrected chi connectivity index (χ2v) is 7.57. The van der Waals surface area contributed by atoms with Gasteiger partial charge in [0.25, 0.3) is 0 Å². The Balaban J connectivity index is 1.91. The lowest BCUT2D eigenvalue weighted by Gasteiger charge is -2.21. The summed E-state index contributed by atoms with van der Waals surface area (Å²) in [5.74, 6) is 4.18. The third kappa shape index (κ3) is 7.84. The molecule has 7 heteroatoms. The predicted octanol–water partition coefficient (Wildman–Crippen LogP) is 4.16. The monoisotopic (exact) mass is 412 g/mol. The number of halogens is 1. The maximum Gasteiger partial charge on any atom is 0.408 e. The molecule has 0 aliphatic rings. The van der Waals surface area contributed by atoms with E-state index in [-0.39, 0.29) is 12.2 Å². The second-order valence-electron chi connectivity index (χ2n) is 7.57. The average molecular weight is 412 g/mol. The molecule has 0 saturated carbocycles. The van der Waals surface area contributed by atoms with Gasteiger partial charge in [0.15, 0.2) is 0 Å². The minimum Gasteiger partial charge on any atom is -0.480 e. The molecule has 0 saturated heterocycles. The molecule has 0 radical (unpaired) electrons. The van der Waals surface area contributed by atoms with Crippen LogP contribution in [0.1, 0.15) is 38.3 Å². The third-order valence-electron chi connectivity index (χ3n) is 3.85. The number of hydrogen-bond donors (Lipinski definition) is 3. The van der Waals surface area contributed by atoms with Gasteiger partial charge in [0.1, 0.15) is 17.5 Å². The molecule has 0 aliphatic carbocycles. The van der Waals surface area contributed by atoms with Gasteiger partial charge in [-0.05, 0) is 51.1 Å². The summed E-state index contributed by atoms with van der Waals surface area (Å²) in [6.07, 6.45) is -0.871. The van der Waals surface area contributed by atoms with Crippen LogP contribution in [0.3, 0.4) is 0 Å². The van der Waals surface area contributed by atoms with Gasteiger partial charge in [-0.15, -0.1) is 0 Å². The molecule has 1 atom stereocenters. The van der Waals surface area contributed by atoms with Gasteiger partial charge < -0.3 is 20.5 Å². The number of anilines is 1. The van der Waals surface area contributed by atoms with Crippen LogP contribution >= 0.6 is 0 Å². The SMILES string of the molecule is CC(C)(C)OC(=O)N[C@@H](CC#Cc1ccc(NCc2ccccc2F)cc1)C(=O)O. The number of ether oxygens (including phenoxy) is 1. The molecule has 0 bridgehead atoms. The number of rotatable bonds is 6. The standard InChI is InChI=1S/C23H25FN2O4/c1-23(2,3)30-22(29)26-20(21(27)28)10-6-7-16-11-13-18(14-12-16)25-15-17-8-4-5-9-19(17)24/h4-5,8-9,11-14,20,25H,10,15H2,1-3H3,(H,26,29)(H,27,28)/t20-/m0/s1. The van der Waals surface area contributed by atoms with E-state index < -0.39 is 23.7 Å². The van der Waals surface area contributed by atoms with Crippen LogP contribution in [-0.4, -0.2) is 28.8 Å². The Morgan fingerprint density at radius 3 is 2.40 bits per heavy atom. The van der Waals surface area contributed by atoms with Crippen molar-refractivity contribution in [1.82, 2.24) is 5.32 Å². The maximum atomic E-state index is 13.6. The first kappa shape index (κ1) is 22.8. The molecule has 0 aromatic heterocycles. The van der Waals surface area contributed by atoms with E-state index in [4.69, 9.17) is 4.74 Å². The Labute approximate surface area is 175 Å². The number of carbonyl (C=O) groups excluding carboxylic acids is 1. The van der Waals surface area contributed by atoms with Crippen LogP contribution < -0.4 is 10.6 Å². The molecule has 2 rings (SSSR count). The Kier molecular flexibility index (Phi) is 7.82. The van der Waals surface area contributed by atoms with E-state index in [1.54, 1.807) is 63.2 Å². The highest BCUT2D eigenvalue weighted by molar-refractivity contribution is 5.80. The fourth-order valence-electron chi connectivity index (χ4n) is 2.42. The number of amides is 1. The summed E-state index contributed by atoms with van der Waals surface area (Å²) in [5, 5.41) is 14.7. The van der Waals surface area contributed by atoms with Crippen molar-refractivity contribution in [2.75, 3.05) is 5.32 Å². The van der Waals surface area contributed by atoms with E-state index in [1.165, 1.54) is 6.07 Å². The van der Waals surface area contributed by atoms with Gasteiger partial charge in [-0.1, -0.05) is 30.0 Å². The van der Waals surface area contributed by atoms with Gasteiger partial charge in [0.05, 0.1) is 0 Å². The molecule has 3 N–H and O–H groups in total. The molecule has 30 heavy (non-hydrogen) atoms. The normalized spacial score (nSPS) is 11.6. The number of carboxylic acids is 1. The molecule has 0 fully saturated rings. The van der Waals surface area contributed by atoms with E-state index in [0.717, 1.165) is 5.69 Å². The van der Waals surface area contributed by atoms with Gasteiger partial charge in [-0.25, -0.2) is 14.0 Å². The fourth-order valence-corrected chi connectivity index (χ4v) is 2.42. The van der Waals surface area contributed by atoms with E-state index in [9.17, 15) is 19.1 Å². The van der Waals surface area contributed by atoms with Gasteiger partial charge in [0.2, 0.25) is 0 Å². The topological polar surface area (TPSA) is 87.7 Å². The van der Waals surface area contributed by atoms with Crippen molar-refractivity contribution in [3.8, 4) is 11.8 Å². The number of carbonyl (C=O) groups is 2. The summed E-state index contributed by atoms with van der Waals surface area (Å²) in [4.78, 5) is 23.1. The van der Waals surface area contributed by atoms with Gasteiger partial charge in [-0.2, -0.15) is 0 Å². The second kappa shape index (κ2) is 10.3. The highest BCUT2D eigenvalue weighted by Gasteiger charge is 2.23. The van der Waals surface area contributed by atoms with Crippen molar-refractivity contribution in [3.63, 3.8) is 0 Å². The third-order valence-corrected chi connectivity index (χ3v) is 3.85. The van der Waals surface area contributed by atoms with Gasteiger partial charge in [-0.3, -0.25) is 0 Å². The molecule has 2 aromatic rings. The Bertz CT molecular complexity index is 940. The minimum atomic E-state index is -1.19. The highest BCUT2D eigenvalue weighted by Crippen LogP contribution is 2.13. The van der Waals surface area contributed by atoms with Crippen molar-refractivity contribution in [2.45, 2.75) is 45.4 Å². The average Bonchev–Trinajstić information content (AvgIpc) is 2.66. The number of hydrogen-bond acceptors (Lipinski definition) is 4. The zero-order chi connectivity index (χ0) is 22.1. The first-order chi connectivity index (χ1) is 14.1. The highest BCUT2D eigenvalue weighted by atomic mass is 19.1. The van der Waals surface area contributed by atoms with Crippen LogP contribution in [0.2, 0.25) is 0 Å². The maximum absolute atomic E-state index is 13.6. The molecular weight excluding hydrogens is 387 g/mol. The van der Waals surface area contributed by atoms with Crippen molar-refractivity contribution in [3.05, 3.63) is 65.5 Å². The number of alkyl carbamates (subject to hydrolysis) is 1. The minimum absolute atomic E-state index is 0.0676. The van der Waals surface area contributed by atoms with Crippen LogP contribution in [0.4, 0.5) is 14.9 Å². The zero-order valence-corrected chi connectivity index (χ0v) is 17.2. The fraction of sp³-hybridized carbons (Fsp3) is 0.304. The van der Waals surface area contributed by atoms with Crippen molar-refractivity contribution >= 4 is 17.7 Å². The quantitative estimate of drug-likeness (QED) is 0.620. The zero-order valence-electron chi connectivity index (χ0n) is 17.2. The van der Waals surface area contributed by atoms with Crippen molar-refractivity contribution in [2.24, 2.45) is 0 Å². The van der Waals surface area contributed by atoms with E-state index >= 15 is 0 Å². The summed E-state index contributed by atoms with van der Waals surface area (Å²) < 4.78 is 18.7. The van der Waals surface area contributed by atoms with Crippen molar-refractivity contribution < 1.29 is 23.8 Å². The molecule has 0 spiro atoms. The first-order valence-electron chi connectivity index (χ1n) is 9.42. The van der Waals surface area contributed by atoms with E-state index in [0.29, 0.717) is 17.7 Å². The summed E-state index contributed by atoms with van der Waals surface area (Å²) in [6.45, 7) is 5.43. The number of benzene rings is 2. The van der Waals surface area contributed by atoms with Crippen molar-refractivity contribution in [1.29, 1.82) is 0 Å². The molecule has 158 valence electrons. The van der Waals surface area contributed by atoms with Crippen LogP contribution in [0.25, 0.3) is 0 Å². The first-order valence-corrected chi connectivity index (χ1v) is 9.42. The predicted molar refractivity (Wildman–Crippen MR) is 112 cm³/mol. The molecule has 1 amide bonds. The Morgan fingerprint density at radius 2 is 1.80 bits per heavy atom. The van der Waals surface area contributed by atoms with E-state index in [1.807, 2.05) is 0 Å². The van der Waals surface area contributed by atoms with E-state index in [2.05, 4.69) is 22.5 Å². The lowest BCUT2D eigenvalue weighted by atomic mass is 10.1. The van der Waals surface area contributed by atoms with Crippen LogP contribution in [0, 0.1) is 17.7 Å². The summed E-state index contributed by atoms with van der Waals surface area (Å²) in [6, 6.07) is 12.5. The largest absolute Gasteiger partial charge is 0.480 e. The molecule has 2 aromatic carbocycles. The van der Waals surface area contributed by atoms with Gasteiger partial charge in [0, 0.05) is 29.8 Å². The smallest absolute Gasteiger partial charge is 0.408 e. The number of nitrogens with one attached hydrogen (secondary N) is 2. The van der Waals surface area contributed by atoms with Crippen LogP contribution in [0.15, 0.2) is 48.5 Å². The summed E-state index contributed by atoms with van der Waals surface area (Å²) >= 11 is 0. The Hall–Kier alpha value is -3.53. The van der Waals surface area contributed by atoms with Gasteiger partial charge >= 0.3 is 12.1 Å². The van der Waals surface area contributed by atoms with Crippen LogP contribution in [0.5, 0.6) is 0 Å². The lowest BCUT2D eigenvalue weighted by molar-refractivity contribution is -0.139. The van der Waals surface area contributed by atoms with Crippen LogP contribution in [-0.2, 0) is 16.1 Å². The summed E-state index contributed by atoms with van der Waals surface area (Å²) in [7, 11) is 0. The lowest BCUT2D eigenvalue weighted by Crippen LogP contribution is -2.43. The summed E-state index contributed by atoms with van der Waals surface area (Å²) in [5.41, 5.74) is 1.34. The molecule has 0 aliphatic heterocycles. The number of aliphatic carboxylic acids is 1. The molecule has 6 nitrogen and oxygen atoms in total. The molecular formula is C23H25FN2O4. The molecule has 0 heterocycles. The number of carboxylic acid groups (broad SMARTS) is 1. The molecule has 0 unspecified atom stereocenters.